The van der Waals surface area contributed by atoms with Crippen LogP contribution in [0.3, 0.4) is 0 Å². The summed E-state index contributed by atoms with van der Waals surface area (Å²) in [6.07, 6.45) is 2.42. The summed E-state index contributed by atoms with van der Waals surface area (Å²) >= 11 is 0. The summed E-state index contributed by atoms with van der Waals surface area (Å²) in [5, 5.41) is 19.0. The second-order valence-corrected chi connectivity index (χ2v) is 8.89. The monoisotopic (exact) mass is 464 g/mol. The Hall–Kier alpha value is -4.29. The van der Waals surface area contributed by atoms with Crippen molar-refractivity contribution in [2.45, 2.75) is 37.7 Å². The maximum atomic E-state index is 11.7. The average Bonchev–Trinajstić information content (AvgIpc) is 3.48. The van der Waals surface area contributed by atoms with Gasteiger partial charge in [-0.05, 0) is 65.8 Å². The van der Waals surface area contributed by atoms with Crippen molar-refractivity contribution in [1.82, 2.24) is 0 Å². The molecule has 1 heterocycles. The van der Waals surface area contributed by atoms with Gasteiger partial charge in [-0.25, -0.2) is 0 Å². The molecule has 174 valence electrons. The van der Waals surface area contributed by atoms with Crippen LogP contribution < -0.4 is 9.47 Å². The van der Waals surface area contributed by atoms with Crippen molar-refractivity contribution in [1.29, 1.82) is 10.5 Å². The smallest absolute Gasteiger partial charge is 0.306 e. The molecule has 35 heavy (non-hydrogen) atoms. The highest BCUT2D eigenvalue weighted by atomic mass is 16.5. The molecule has 0 amide bonds. The minimum absolute atomic E-state index is 0.00907. The highest BCUT2D eigenvalue weighted by Gasteiger charge is 2.30. The number of nitriles is 2. The second-order valence-electron chi connectivity index (χ2n) is 8.89. The van der Waals surface area contributed by atoms with Crippen LogP contribution in [0.5, 0.6) is 11.5 Å². The standard InChI is InChI=1S/C29H24N2O4/c1-33-29(32)13-21-17-34-28-14-22(6-8-23(21)28)35-27-10-9-24-25(27)7-5-20(16-31)26(24)12-18-3-2-4-19(11-18)15-30/h2-8,11,14,21,27H,9-10,12-13,17H2,1H3. The molecule has 0 bridgehead atoms. The number of benzene rings is 3. The Balaban J connectivity index is 1.38. The highest BCUT2D eigenvalue weighted by Crippen LogP contribution is 2.42. The molecule has 2 aliphatic rings. The van der Waals surface area contributed by atoms with Gasteiger partial charge in [-0.15, -0.1) is 0 Å². The predicted octanol–water partition coefficient (Wildman–Crippen LogP) is 5.13. The minimum atomic E-state index is -0.249. The summed E-state index contributed by atoms with van der Waals surface area (Å²) < 4.78 is 17.0. The lowest BCUT2D eigenvalue weighted by Crippen LogP contribution is -2.09. The van der Waals surface area contributed by atoms with Crippen molar-refractivity contribution < 1.29 is 19.0 Å². The number of nitrogens with zero attached hydrogens (tertiary/aromatic N) is 2. The molecule has 5 rings (SSSR count). The molecule has 0 aromatic heterocycles. The third-order valence-corrected chi connectivity index (χ3v) is 6.81. The lowest BCUT2D eigenvalue weighted by molar-refractivity contribution is -0.141. The first kappa shape index (κ1) is 22.5. The molecule has 0 saturated heterocycles. The van der Waals surface area contributed by atoms with Crippen LogP contribution in [0.1, 0.15) is 63.8 Å². The van der Waals surface area contributed by atoms with Gasteiger partial charge in [0.05, 0.1) is 43.4 Å². The molecule has 0 spiro atoms. The number of fused-ring (bicyclic) bond motifs is 2. The number of methoxy groups -OCH3 is 1. The zero-order valence-corrected chi connectivity index (χ0v) is 19.4. The number of hydrogen-bond acceptors (Lipinski definition) is 6. The van der Waals surface area contributed by atoms with Crippen molar-refractivity contribution in [2.24, 2.45) is 0 Å². The van der Waals surface area contributed by atoms with E-state index in [9.17, 15) is 15.3 Å². The minimum Gasteiger partial charge on any atom is -0.492 e. The fourth-order valence-electron chi connectivity index (χ4n) is 5.07. The van der Waals surface area contributed by atoms with Crippen LogP contribution in [0.15, 0.2) is 54.6 Å². The van der Waals surface area contributed by atoms with Gasteiger partial charge in [0.15, 0.2) is 0 Å². The summed E-state index contributed by atoms with van der Waals surface area (Å²) in [5.41, 5.74) is 6.55. The molecule has 0 radical (unpaired) electrons. The normalized spacial score (nSPS) is 17.5. The van der Waals surface area contributed by atoms with Gasteiger partial charge in [-0.3, -0.25) is 4.79 Å². The third kappa shape index (κ3) is 4.44. The summed E-state index contributed by atoms with van der Waals surface area (Å²) in [7, 11) is 1.39. The van der Waals surface area contributed by atoms with E-state index in [2.05, 4.69) is 12.1 Å². The van der Waals surface area contributed by atoms with E-state index in [0.717, 1.165) is 46.4 Å². The second kappa shape index (κ2) is 9.52. The Morgan fingerprint density at radius 1 is 1.09 bits per heavy atom. The van der Waals surface area contributed by atoms with E-state index in [4.69, 9.17) is 14.2 Å². The fourth-order valence-corrected chi connectivity index (χ4v) is 5.07. The topological polar surface area (TPSA) is 92.3 Å². The van der Waals surface area contributed by atoms with Crippen molar-refractivity contribution >= 4 is 5.97 Å². The van der Waals surface area contributed by atoms with E-state index >= 15 is 0 Å². The first-order valence-electron chi connectivity index (χ1n) is 11.6. The molecule has 6 heteroatoms. The van der Waals surface area contributed by atoms with Crippen molar-refractivity contribution in [2.75, 3.05) is 13.7 Å². The van der Waals surface area contributed by atoms with Crippen LogP contribution in [0, 0.1) is 22.7 Å². The Labute approximate surface area is 204 Å². The van der Waals surface area contributed by atoms with Crippen molar-refractivity contribution in [3.8, 4) is 23.6 Å². The molecule has 2 unspecified atom stereocenters. The summed E-state index contributed by atoms with van der Waals surface area (Å²) in [6, 6.07) is 21.7. The van der Waals surface area contributed by atoms with E-state index in [1.807, 2.05) is 48.5 Å². The quantitative estimate of drug-likeness (QED) is 0.470. The maximum Gasteiger partial charge on any atom is 0.306 e. The van der Waals surface area contributed by atoms with Gasteiger partial charge < -0.3 is 14.2 Å². The van der Waals surface area contributed by atoms with E-state index < -0.39 is 0 Å². The number of carbonyl (C=O) groups is 1. The molecule has 2 atom stereocenters. The maximum absolute atomic E-state index is 11.7. The number of esters is 1. The Bertz CT molecular complexity index is 1380. The van der Waals surface area contributed by atoms with Gasteiger partial charge in [0.2, 0.25) is 0 Å². The van der Waals surface area contributed by atoms with Crippen LogP contribution in [0.2, 0.25) is 0 Å². The molecular weight excluding hydrogens is 440 g/mol. The summed E-state index contributed by atoms with van der Waals surface area (Å²) in [6.45, 7) is 0.452. The number of carbonyl (C=O) groups excluding carboxylic acids is 1. The van der Waals surface area contributed by atoms with E-state index in [1.165, 1.54) is 7.11 Å². The first-order chi connectivity index (χ1) is 17.1. The Morgan fingerprint density at radius 2 is 1.94 bits per heavy atom. The van der Waals surface area contributed by atoms with Gasteiger partial charge in [-0.1, -0.05) is 24.3 Å². The molecule has 1 aliphatic carbocycles. The van der Waals surface area contributed by atoms with E-state index in [1.54, 1.807) is 6.07 Å². The van der Waals surface area contributed by atoms with Gasteiger partial charge >= 0.3 is 5.97 Å². The van der Waals surface area contributed by atoms with Gasteiger partial charge in [0, 0.05) is 17.5 Å². The molecule has 0 fully saturated rings. The zero-order chi connectivity index (χ0) is 24.4. The van der Waals surface area contributed by atoms with Crippen LogP contribution in [-0.4, -0.2) is 19.7 Å². The van der Waals surface area contributed by atoms with Crippen LogP contribution in [0.25, 0.3) is 0 Å². The highest BCUT2D eigenvalue weighted by molar-refractivity contribution is 5.71. The number of ether oxygens (including phenoxy) is 3. The van der Waals surface area contributed by atoms with Gasteiger partial charge in [0.25, 0.3) is 0 Å². The van der Waals surface area contributed by atoms with Crippen LogP contribution in [0.4, 0.5) is 0 Å². The molecule has 0 saturated carbocycles. The lowest BCUT2D eigenvalue weighted by atomic mass is 9.92. The number of hydrogen-bond donors (Lipinski definition) is 0. The molecule has 3 aromatic rings. The largest absolute Gasteiger partial charge is 0.492 e. The first-order valence-corrected chi connectivity index (χ1v) is 11.6. The van der Waals surface area contributed by atoms with Crippen LogP contribution >= 0.6 is 0 Å². The third-order valence-electron chi connectivity index (χ3n) is 6.81. The Kier molecular flexibility index (Phi) is 6.12. The average molecular weight is 465 g/mol. The summed E-state index contributed by atoms with van der Waals surface area (Å²) in [5.74, 6) is 1.20. The van der Waals surface area contributed by atoms with Gasteiger partial charge in [-0.2, -0.15) is 10.5 Å². The van der Waals surface area contributed by atoms with Crippen molar-refractivity contribution in [3.63, 3.8) is 0 Å². The van der Waals surface area contributed by atoms with Gasteiger partial charge in [0.1, 0.15) is 17.6 Å². The predicted molar refractivity (Wildman–Crippen MR) is 128 cm³/mol. The summed E-state index contributed by atoms with van der Waals surface area (Å²) in [4.78, 5) is 11.7. The molecule has 6 nitrogen and oxygen atoms in total. The van der Waals surface area contributed by atoms with E-state index in [0.29, 0.717) is 36.3 Å². The molecule has 1 aliphatic heterocycles. The molecular formula is C29H24N2O4. The van der Waals surface area contributed by atoms with Crippen molar-refractivity contribution in [3.05, 3.63) is 93.5 Å². The Morgan fingerprint density at radius 3 is 2.74 bits per heavy atom. The molecule has 3 aromatic carbocycles. The number of rotatable bonds is 6. The van der Waals surface area contributed by atoms with Crippen LogP contribution in [-0.2, 0) is 22.4 Å². The fraction of sp³-hybridized carbons (Fsp3) is 0.276. The lowest BCUT2D eigenvalue weighted by Gasteiger charge is -2.17. The zero-order valence-electron chi connectivity index (χ0n) is 19.4. The molecule has 0 N–H and O–H groups in total. The van der Waals surface area contributed by atoms with E-state index in [-0.39, 0.29) is 18.0 Å². The SMILES string of the molecule is COC(=O)CC1COc2cc(OC3CCc4c3ccc(C#N)c4Cc3cccc(C#N)c3)ccc21.